The van der Waals surface area contributed by atoms with Crippen LogP contribution >= 0.6 is 0 Å². The normalized spacial score (nSPS) is 12.9. The average molecular weight is 319 g/mol. The Morgan fingerprint density at radius 2 is 2.17 bits per heavy atom. The number of carbonyl (C=O) groups excluding carboxylic acids is 1. The van der Waals surface area contributed by atoms with Gasteiger partial charge in [-0.05, 0) is 49.9 Å². The highest BCUT2D eigenvalue weighted by Crippen LogP contribution is 2.28. The van der Waals surface area contributed by atoms with Crippen LogP contribution < -0.4 is 5.32 Å². The van der Waals surface area contributed by atoms with Crippen molar-refractivity contribution in [3.8, 4) is 11.3 Å². The largest absolute Gasteiger partial charge is 0.459 e. The number of hydrogen-bond donors (Lipinski definition) is 1. The second-order valence-electron chi connectivity index (χ2n) is 5.95. The van der Waals surface area contributed by atoms with E-state index < -0.39 is 0 Å². The zero-order chi connectivity index (χ0) is 16.5. The van der Waals surface area contributed by atoms with Gasteiger partial charge in [0.25, 0.3) is 5.91 Å². The van der Waals surface area contributed by atoms with E-state index in [4.69, 9.17) is 4.42 Å². The lowest BCUT2D eigenvalue weighted by atomic mass is 10.1. The van der Waals surface area contributed by atoms with Gasteiger partial charge >= 0.3 is 0 Å². The summed E-state index contributed by atoms with van der Waals surface area (Å²) >= 11 is 0. The standard InChI is InChI=1S/C19H17N3O2/c1-12-20-9-8-17(21-12)13-4-2-6-15(10-13)22-19(23)18-16-7-3-5-14(16)11-24-18/h2,4,6,8-11H,3,5,7H2,1H3,(H,22,23). The molecule has 0 saturated carbocycles. The van der Waals surface area contributed by atoms with Gasteiger partial charge in [-0.2, -0.15) is 0 Å². The number of hydrogen-bond acceptors (Lipinski definition) is 4. The van der Waals surface area contributed by atoms with Crippen molar-refractivity contribution in [2.45, 2.75) is 26.2 Å². The first-order chi connectivity index (χ1) is 11.7. The van der Waals surface area contributed by atoms with E-state index in [0.29, 0.717) is 11.6 Å². The van der Waals surface area contributed by atoms with Gasteiger partial charge in [0.05, 0.1) is 12.0 Å². The SMILES string of the molecule is Cc1nccc(-c2cccc(NC(=O)c3occ4c3CCC4)c2)n1. The number of fused-ring (bicyclic) bond motifs is 1. The number of furan rings is 1. The van der Waals surface area contributed by atoms with Crippen molar-refractivity contribution in [3.05, 3.63) is 65.5 Å². The molecule has 2 heterocycles. The summed E-state index contributed by atoms with van der Waals surface area (Å²) in [5.74, 6) is 0.952. The van der Waals surface area contributed by atoms with Crippen molar-refractivity contribution < 1.29 is 9.21 Å². The van der Waals surface area contributed by atoms with Crippen LogP contribution in [0.5, 0.6) is 0 Å². The Bertz CT molecular complexity index is 914. The predicted octanol–water partition coefficient (Wildman–Crippen LogP) is 3.79. The molecule has 1 amide bonds. The summed E-state index contributed by atoms with van der Waals surface area (Å²) < 4.78 is 5.47. The fraction of sp³-hybridized carbons (Fsp3) is 0.211. The van der Waals surface area contributed by atoms with E-state index >= 15 is 0 Å². The van der Waals surface area contributed by atoms with E-state index in [2.05, 4.69) is 15.3 Å². The van der Waals surface area contributed by atoms with Gasteiger partial charge in [-0.3, -0.25) is 4.79 Å². The molecule has 0 aliphatic heterocycles. The van der Waals surface area contributed by atoms with E-state index in [1.54, 1.807) is 12.5 Å². The molecule has 3 aromatic rings. The Morgan fingerprint density at radius 3 is 3.04 bits per heavy atom. The van der Waals surface area contributed by atoms with Crippen molar-refractivity contribution in [3.63, 3.8) is 0 Å². The van der Waals surface area contributed by atoms with Gasteiger partial charge in [-0.25, -0.2) is 9.97 Å². The molecule has 0 radical (unpaired) electrons. The monoisotopic (exact) mass is 319 g/mol. The number of aromatic nitrogens is 2. The van der Waals surface area contributed by atoms with Crippen LogP contribution in [0.25, 0.3) is 11.3 Å². The maximum atomic E-state index is 12.5. The smallest absolute Gasteiger partial charge is 0.291 e. The van der Waals surface area contributed by atoms with E-state index in [0.717, 1.165) is 47.3 Å². The van der Waals surface area contributed by atoms with Crippen LogP contribution in [0.4, 0.5) is 5.69 Å². The van der Waals surface area contributed by atoms with Crippen molar-refractivity contribution in [2.24, 2.45) is 0 Å². The first-order valence-corrected chi connectivity index (χ1v) is 8.01. The van der Waals surface area contributed by atoms with E-state index in [1.807, 2.05) is 37.3 Å². The van der Waals surface area contributed by atoms with Crippen molar-refractivity contribution in [1.82, 2.24) is 9.97 Å². The highest BCUT2D eigenvalue weighted by Gasteiger charge is 2.23. The number of anilines is 1. The minimum Gasteiger partial charge on any atom is -0.459 e. The molecule has 0 bridgehead atoms. The molecule has 0 fully saturated rings. The van der Waals surface area contributed by atoms with Crippen molar-refractivity contribution in [2.75, 3.05) is 5.32 Å². The summed E-state index contributed by atoms with van der Waals surface area (Å²) in [4.78, 5) is 21.0. The molecule has 0 spiro atoms. The van der Waals surface area contributed by atoms with E-state index in [9.17, 15) is 4.79 Å². The van der Waals surface area contributed by atoms with Gasteiger partial charge in [-0.1, -0.05) is 12.1 Å². The quantitative estimate of drug-likeness (QED) is 0.797. The maximum absolute atomic E-state index is 12.5. The van der Waals surface area contributed by atoms with Crippen LogP contribution in [-0.2, 0) is 12.8 Å². The minimum atomic E-state index is -0.200. The van der Waals surface area contributed by atoms with Gasteiger partial charge in [0.2, 0.25) is 0 Å². The fourth-order valence-electron chi connectivity index (χ4n) is 3.11. The fourth-order valence-corrected chi connectivity index (χ4v) is 3.11. The van der Waals surface area contributed by atoms with Gasteiger partial charge in [-0.15, -0.1) is 0 Å². The summed E-state index contributed by atoms with van der Waals surface area (Å²) in [7, 11) is 0. The van der Waals surface area contributed by atoms with Crippen molar-refractivity contribution >= 4 is 11.6 Å². The number of aryl methyl sites for hydroxylation is 2. The second-order valence-corrected chi connectivity index (χ2v) is 5.95. The Kier molecular flexibility index (Phi) is 3.61. The molecule has 0 unspecified atom stereocenters. The van der Waals surface area contributed by atoms with E-state index in [1.165, 1.54) is 0 Å². The van der Waals surface area contributed by atoms with Gasteiger partial charge < -0.3 is 9.73 Å². The van der Waals surface area contributed by atoms with Crippen molar-refractivity contribution in [1.29, 1.82) is 0 Å². The molecule has 1 aliphatic rings. The number of nitrogens with one attached hydrogen (secondary N) is 1. The molecule has 4 rings (SSSR count). The first-order valence-electron chi connectivity index (χ1n) is 8.01. The second kappa shape index (κ2) is 5.92. The average Bonchev–Trinajstić information content (AvgIpc) is 3.18. The van der Waals surface area contributed by atoms with Crippen LogP contribution in [0, 0.1) is 6.92 Å². The highest BCUT2D eigenvalue weighted by atomic mass is 16.3. The third-order valence-electron chi connectivity index (χ3n) is 4.25. The van der Waals surface area contributed by atoms with Crippen LogP contribution in [-0.4, -0.2) is 15.9 Å². The summed E-state index contributed by atoms with van der Waals surface area (Å²) in [6.07, 6.45) is 6.43. The molecule has 0 atom stereocenters. The first kappa shape index (κ1) is 14.6. The molecule has 0 saturated heterocycles. The van der Waals surface area contributed by atoms with E-state index in [-0.39, 0.29) is 5.91 Å². The summed E-state index contributed by atoms with van der Waals surface area (Å²) in [6, 6.07) is 9.48. The molecule has 1 aliphatic carbocycles. The van der Waals surface area contributed by atoms with Crippen LogP contribution in [0.2, 0.25) is 0 Å². The Balaban J connectivity index is 1.59. The summed E-state index contributed by atoms with van der Waals surface area (Å²) in [5, 5.41) is 2.92. The third kappa shape index (κ3) is 2.69. The number of carbonyl (C=O) groups is 1. The summed E-state index contributed by atoms with van der Waals surface area (Å²) in [6.45, 7) is 1.85. The Labute approximate surface area is 139 Å². The lowest BCUT2D eigenvalue weighted by molar-refractivity contribution is 0.0995. The molecule has 1 N–H and O–H groups in total. The summed E-state index contributed by atoms with van der Waals surface area (Å²) in [5.41, 5.74) is 4.69. The predicted molar refractivity (Wildman–Crippen MR) is 90.9 cm³/mol. The topological polar surface area (TPSA) is 68.0 Å². The van der Waals surface area contributed by atoms with Crippen LogP contribution in [0.1, 0.15) is 33.9 Å². The third-order valence-corrected chi connectivity index (χ3v) is 4.25. The molecule has 5 heteroatoms. The lowest BCUT2D eigenvalue weighted by Crippen LogP contribution is -2.12. The van der Waals surface area contributed by atoms with Gasteiger partial charge in [0, 0.05) is 23.0 Å². The number of benzene rings is 1. The Hall–Kier alpha value is -2.95. The molecule has 1 aromatic carbocycles. The Morgan fingerprint density at radius 1 is 1.25 bits per heavy atom. The molecular formula is C19H17N3O2. The van der Waals surface area contributed by atoms with Crippen LogP contribution in [0.3, 0.4) is 0 Å². The molecule has 5 nitrogen and oxygen atoms in total. The maximum Gasteiger partial charge on any atom is 0.291 e. The highest BCUT2D eigenvalue weighted by molar-refractivity contribution is 6.03. The number of amides is 1. The van der Waals surface area contributed by atoms with Gasteiger partial charge in [0.1, 0.15) is 5.82 Å². The number of rotatable bonds is 3. The number of nitrogens with zero attached hydrogens (tertiary/aromatic N) is 2. The molecular weight excluding hydrogens is 302 g/mol. The molecule has 2 aromatic heterocycles. The lowest BCUT2D eigenvalue weighted by Gasteiger charge is -2.07. The molecule has 24 heavy (non-hydrogen) atoms. The van der Waals surface area contributed by atoms with Gasteiger partial charge in [0.15, 0.2) is 5.76 Å². The zero-order valence-corrected chi connectivity index (χ0v) is 13.4. The molecule has 120 valence electrons. The minimum absolute atomic E-state index is 0.200. The zero-order valence-electron chi connectivity index (χ0n) is 13.4. The van der Waals surface area contributed by atoms with Crippen LogP contribution in [0.15, 0.2) is 47.2 Å².